The van der Waals surface area contributed by atoms with E-state index in [9.17, 15) is 0 Å². The number of nitrogens with zero attached hydrogens (tertiary/aromatic N) is 2. The Morgan fingerprint density at radius 1 is 1.29 bits per heavy atom. The van der Waals surface area contributed by atoms with Crippen LogP contribution in [-0.2, 0) is 0 Å². The van der Waals surface area contributed by atoms with E-state index in [1.807, 2.05) is 19.9 Å². The molecule has 0 aliphatic rings. The van der Waals surface area contributed by atoms with Crippen molar-refractivity contribution in [1.29, 1.82) is 0 Å². The van der Waals surface area contributed by atoms with E-state index in [1.54, 1.807) is 0 Å². The molecule has 1 aromatic heterocycles. The van der Waals surface area contributed by atoms with E-state index in [4.69, 9.17) is 10.5 Å². The predicted octanol–water partition coefficient (Wildman–Crippen LogP) is 0.434. The van der Waals surface area contributed by atoms with Gasteiger partial charge in [0.1, 0.15) is 0 Å². The van der Waals surface area contributed by atoms with Gasteiger partial charge in [-0.15, -0.1) is 0 Å². The third kappa shape index (κ3) is 3.42. The van der Waals surface area contributed by atoms with Crippen LogP contribution in [0.25, 0.3) is 0 Å². The van der Waals surface area contributed by atoms with Crippen LogP contribution in [0.3, 0.4) is 0 Å². The van der Waals surface area contributed by atoms with E-state index >= 15 is 0 Å². The fourth-order valence-corrected chi connectivity index (χ4v) is 0.982. The lowest BCUT2D eigenvalue weighted by Crippen LogP contribution is -2.02. The summed E-state index contributed by atoms with van der Waals surface area (Å²) in [5, 5.41) is 0. The second kappa shape index (κ2) is 5.20. The number of aryl methyl sites for hydroxylation is 2. The number of hydrogen-bond acceptors (Lipinski definition) is 4. The first-order valence-corrected chi connectivity index (χ1v) is 4.33. The standard InChI is InChI=1S/C10H13N3O/c1-8-7-9(2)13-10(12-8)14-6-4-3-5-11/h7H,5-6,11H2,1-2H3. The highest BCUT2D eigenvalue weighted by Crippen LogP contribution is 2.05. The van der Waals surface area contributed by atoms with Gasteiger partial charge < -0.3 is 10.5 Å². The van der Waals surface area contributed by atoms with Crippen molar-refractivity contribution in [3.8, 4) is 17.9 Å². The average Bonchev–Trinajstić information content (AvgIpc) is 2.11. The lowest BCUT2D eigenvalue weighted by atomic mass is 10.4. The van der Waals surface area contributed by atoms with Gasteiger partial charge in [-0.05, 0) is 19.9 Å². The number of rotatable bonds is 2. The molecule has 4 nitrogen and oxygen atoms in total. The summed E-state index contributed by atoms with van der Waals surface area (Å²) in [7, 11) is 0. The van der Waals surface area contributed by atoms with Crippen LogP contribution in [-0.4, -0.2) is 23.1 Å². The second-order valence-corrected chi connectivity index (χ2v) is 2.78. The summed E-state index contributed by atoms with van der Waals surface area (Å²) in [5.41, 5.74) is 6.97. The summed E-state index contributed by atoms with van der Waals surface area (Å²) >= 11 is 0. The molecule has 0 saturated heterocycles. The van der Waals surface area contributed by atoms with Crippen LogP contribution in [0.4, 0.5) is 0 Å². The maximum atomic E-state index is 5.22. The molecule has 4 heteroatoms. The van der Waals surface area contributed by atoms with Gasteiger partial charge in [0.2, 0.25) is 0 Å². The highest BCUT2D eigenvalue weighted by atomic mass is 16.5. The van der Waals surface area contributed by atoms with Crippen molar-refractivity contribution < 1.29 is 4.74 Å². The summed E-state index contributed by atoms with van der Waals surface area (Å²) in [4.78, 5) is 8.20. The average molecular weight is 191 g/mol. The Morgan fingerprint density at radius 2 is 1.93 bits per heavy atom. The van der Waals surface area contributed by atoms with Crippen LogP contribution in [0.2, 0.25) is 0 Å². The van der Waals surface area contributed by atoms with Crippen LogP contribution in [0.5, 0.6) is 6.01 Å². The minimum Gasteiger partial charge on any atom is -0.450 e. The summed E-state index contributed by atoms with van der Waals surface area (Å²) in [6.45, 7) is 4.41. The van der Waals surface area contributed by atoms with Crippen molar-refractivity contribution in [2.75, 3.05) is 13.2 Å². The maximum Gasteiger partial charge on any atom is 0.317 e. The van der Waals surface area contributed by atoms with E-state index in [1.165, 1.54) is 0 Å². The van der Waals surface area contributed by atoms with E-state index in [0.717, 1.165) is 11.4 Å². The van der Waals surface area contributed by atoms with Crippen molar-refractivity contribution >= 4 is 0 Å². The summed E-state index contributed by atoms with van der Waals surface area (Å²) in [5.74, 6) is 5.44. The SMILES string of the molecule is Cc1cc(C)nc(OCC#CCN)n1. The van der Waals surface area contributed by atoms with Crippen molar-refractivity contribution in [3.05, 3.63) is 17.5 Å². The Hall–Kier alpha value is -1.60. The molecule has 1 rings (SSSR count). The highest BCUT2D eigenvalue weighted by molar-refractivity contribution is 5.11. The topological polar surface area (TPSA) is 61.0 Å². The highest BCUT2D eigenvalue weighted by Gasteiger charge is 1.98. The van der Waals surface area contributed by atoms with Gasteiger partial charge in [-0.3, -0.25) is 0 Å². The van der Waals surface area contributed by atoms with Crippen LogP contribution < -0.4 is 10.5 Å². The molecule has 14 heavy (non-hydrogen) atoms. The van der Waals surface area contributed by atoms with Crippen molar-refractivity contribution in [3.63, 3.8) is 0 Å². The van der Waals surface area contributed by atoms with Gasteiger partial charge in [0, 0.05) is 11.4 Å². The Balaban J connectivity index is 2.58. The molecule has 0 aliphatic heterocycles. The zero-order valence-corrected chi connectivity index (χ0v) is 8.37. The maximum absolute atomic E-state index is 5.22. The Morgan fingerprint density at radius 3 is 2.50 bits per heavy atom. The lowest BCUT2D eigenvalue weighted by molar-refractivity contribution is 0.337. The zero-order valence-electron chi connectivity index (χ0n) is 8.37. The molecule has 0 radical (unpaired) electrons. The number of hydrogen-bond donors (Lipinski definition) is 1. The Labute approximate surface area is 83.5 Å². The first-order chi connectivity index (χ1) is 6.72. The monoisotopic (exact) mass is 191 g/mol. The van der Waals surface area contributed by atoms with Crippen LogP contribution in [0.1, 0.15) is 11.4 Å². The van der Waals surface area contributed by atoms with Gasteiger partial charge in [-0.2, -0.15) is 0 Å². The first-order valence-electron chi connectivity index (χ1n) is 4.33. The third-order valence-corrected chi connectivity index (χ3v) is 1.46. The van der Waals surface area contributed by atoms with E-state index in [2.05, 4.69) is 21.8 Å². The van der Waals surface area contributed by atoms with Crippen molar-refractivity contribution in [2.24, 2.45) is 5.73 Å². The van der Waals surface area contributed by atoms with Gasteiger partial charge in [0.15, 0.2) is 6.61 Å². The van der Waals surface area contributed by atoms with Gasteiger partial charge in [-0.1, -0.05) is 11.8 Å². The Kier molecular flexibility index (Phi) is 3.89. The molecule has 0 fully saturated rings. The van der Waals surface area contributed by atoms with Crippen LogP contribution in [0.15, 0.2) is 6.07 Å². The van der Waals surface area contributed by atoms with Crippen LogP contribution >= 0.6 is 0 Å². The summed E-state index contributed by atoms with van der Waals surface area (Å²) < 4.78 is 5.22. The van der Waals surface area contributed by atoms with E-state index in [-0.39, 0.29) is 6.61 Å². The molecular weight excluding hydrogens is 178 g/mol. The molecule has 0 aliphatic carbocycles. The fourth-order valence-electron chi connectivity index (χ4n) is 0.982. The van der Waals surface area contributed by atoms with Gasteiger partial charge in [0.05, 0.1) is 6.54 Å². The van der Waals surface area contributed by atoms with Crippen molar-refractivity contribution in [1.82, 2.24) is 9.97 Å². The number of nitrogens with two attached hydrogens (primary N) is 1. The molecule has 0 spiro atoms. The molecule has 1 aromatic rings. The molecular formula is C10H13N3O. The molecule has 0 aromatic carbocycles. The minimum absolute atomic E-state index is 0.278. The lowest BCUT2D eigenvalue weighted by Gasteiger charge is -2.01. The summed E-state index contributed by atoms with van der Waals surface area (Å²) in [6, 6.07) is 2.26. The smallest absolute Gasteiger partial charge is 0.317 e. The van der Waals surface area contributed by atoms with Crippen molar-refractivity contribution in [2.45, 2.75) is 13.8 Å². The normalized spacial score (nSPS) is 9.07. The van der Waals surface area contributed by atoms with E-state index in [0.29, 0.717) is 12.6 Å². The second-order valence-electron chi connectivity index (χ2n) is 2.78. The molecule has 0 unspecified atom stereocenters. The largest absolute Gasteiger partial charge is 0.450 e. The van der Waals surface area contributed by atoms with Gasteiger partial charge in [-0.25, -0.2) is 9.97 Å². The Bertz CT molecular complexity index is 345. The molecule has 0 amide bonds. The van der Waals surface area contributed by atoms with Gasteiger partial charge >= 0.3 is 6.01 Å². The number of aromatic nitrogens is 2. The fraction of sp³-hybridized carbons (Fsp3) is 0.400. The predicted molar refractivity (Wildman–Crippen MR) is 53.8 cm³/mol. The molecule has 0 atom stereocenters. The summed E-state index contributed by atoms with van der Waals surface area (Å²) in [6.07, 6.45) is 0. The van der Waals surface area contributed by atoms with E-state index < -0.39 is 0 Å². The molecule has 1 heterocycles. The number of ether oxygens (including phenoxy) is 1. The third-order valence-electron chi connectivity index (χ3n) is 1.46. The van der Waals surface area contributed by atoms with Crippen LogP contribution in [0, 0.1) is 25.7 Å². The molecule has 74 valence electrons. The minimum atomic E-state index is 0.278. The van der Waals surface area contributed by atoms with Gasteiger partial charge in [0.25, 0.3) is 0 Å². The molecule has 0 bridgehead atoms. The first kappa shape index (κ1) is 10.5. The molecule has 0 saturated carbocycles. The quantitative estimate of drug-likeness (QED) is 0.689. The molecule has 2 N–H and O–H groups in total. The zero-order chi connectivity index (χ0) is 10.4.